The molecule has 1 N–H and O–H groups in total. The second-order valence-electron chi connectivity index (χ2n) is 3.68. The molecular weight excluding hydrogens is 212 g/mol. The van der Waals surface area contributed by atoms with Gasteiger partial charge in [-0.25, -0.2) is 0 Å². The molecule has 1 unspecified atom stereocenters. The van der Waals surface area contributed by atoms with E-state index < -0.39 is 0 Å². The zero-order valence-electron chi connectivity index (χ0n) is 9.49. The van der Waals surface area contributed by atoms with Crippen LogP contribution in [0.5, 0.6) is 0 Å². The summed E-state index contributed by atoms with van der Waals surface area (Å²) in [6.45, 7) is 4.81. The molecule has 0 aromatic carbocycles. The van der Waals surface area contributed by atoms with Crippen LogP contribution < -0.4 is 5.32 Å². The number of ether oxygens (including phenoxy) is 1. The van der Waals surface area contributed by atoms with E-state index in [2.05, 4.69) is 12.2 Å². The van der Waals surface area contributed by atoms with Crippen LogP contribution >= 0.6 is 11.8 Å². The average molecular weight is 232 g/mol. The third kappa shape index (κ3) is 4.40. The molecule has 1 heterocycles. The van der Waals surface area contributed by atoms with Crippen molar-refractivity contribution in [3.05, 3.63) is 0 Å². The molecule has 0 aromatic rings. The van der Waals surface area contributed by atoms with Gasteiger partial charge in [0.2, 0.25) is 5.91 Å². The van der Waals surface area contributed by atoms with Gasteiger partial charge in [-0.15, -0.1) is 0 Å². The topological polar surface area (TPSA) is 41.6 Å². The summed E-state index contributed by atoms with van der Waals surface area (Å²) in [5.74, 6) is 2.33. The monoisotopic (exact) mass is 232 g/mol. The first kappa shape index (κ1) is 12.8. The van der Waals surface area contributed by atoms with E-state index in [1.54, 1.807) is 7.11 Å². The Labute approximate surface area is 95.7 Å². The zero-order chi connectivity index (χ0) is 11.1. The number of thioether (sulfide) groups is 1. The van der Waals surface area contributed by atoms with Gasteiger partial charge in [0.25, 0.3) is 0 Å². The van der Waals surface area contributed by atoms with Crippen LogP contribution in [0.15, 0.2) is 0 Å². The number of rotatable bonds is 5. The normalized spacial score (nSPS) is 21.7. The summed E-state index contributed by atoms with van der Waals surface area (Å²) in [4.78, 5) is 13.8. The van der Waals surface area contributed by atoms with Gasteiger partial charge in [-0.1, -0.05) is 0 Å². The van der Waals surface area contributed by atoms with Crippen LogP contribution in [0.25, 0.3) is 0 Å². The van der Waals surface area contributed by atoms with Crippen molar-refractivity contribution in [2.75, 3.05) is 44.9 Å². The second kappa shape index (κ2) is 7.09. The summed E-state index contributed by atoms with van der Waals surface area (Å²) >= 11 is 1.92. The molecule has 0 aliphatic carbocycles. The van der Waals surface area contributed by atoms with Gasteiger partial charge in [0, 0.05) is 37.7 Å². The smallest absolute Gasteiger partial charge is 0.236 e. The molecular formula is C10H20N2O2S. The number of nitrogens with one attached hydrogen (secondary N) is 1. The minimum absolute atomic E-state index is 0.207. The number of methoxy groups -OCH3 is 1. The van der Waals surface area contributed by atoms with Gasteiger partial charge in [-0.05, 0) is 6.92 Å². The van der Waals surface area contributed by atoms with E-state index in [-0.39, 0.29) is 5.91 Å². The largest absolute Gasteiger partial charge is 0.383 e. The Bertz CT molecular complexity index is 202. The van der Waals surface area contributed by atoms with Crippen LogP contribution in [0, 0.1) is 0 Å². The second-order valence-corrected chi connectivity index (χ2v) is 4.83. The Balaban J connectivity index is 2.20. The molecule has 0 bridgehead atoms. The minimum atomic E-state index is 0.207. The molecule has 5 heteroatoms. The van der Waals surface area contributed by atoms with E-state index in [0.29, 0.717) is 19.2 Å². The standard InChI is InChI=1S/C10H20N2O2S/c1-9-8-15-6-4-12(9)10(13)7-11-3-5-14-2/h9,11H,3-8H2,1-2H3. The van der Waals surface area contributed by atoms with Gasteiger partial charge >= 0.3 is 0 Å². The average Bonchev–Trinajstić information content (AvgIpc) is 2.25. The molecule has 0 saturated carbocycles. The molecule has 1 aliphatic rings. The molecule has 88 valence electrons. The summed E-state index contributed by atoms with van der Waals surface area (Å²) in [6, 6.07) is 0.375. The summed E-state index contributed by atoms with van der Waals surface area (Å²) in [7, 11) is 1.66. The van der Waals surface area contributed by atoms with Crippen molar-refractivity contribution in [3.63, 3.8) is 0 Å². The molecule has 1 fully saturated rings. The molecule has 1 aliphatic heterocycles. The van der Waals surface area contributed by atoms with E-state index in [0.717, 1.165) is 24.6 Å². The molecule has 15 heavy (non-hydrogen) atoms. The summed E-state index contributed by atoms with van der Waals surface area (Å²) < 4.78 is 4.90. The summed E-state index contributed by atoms with van der Waals surface area (Å²) in [6.07, 6.45) is 0. The maximum absolute atomic E-state index is 11.8. The van der Waals surface area contributed by atoms with Gasteiger partial charge in [0.15, 0.2) is 0 Å². The van der Waals surface area contributed by atoms with Gasteiger partial charge in [0.1, 0.15) is 0 Å². The van der Waals surface area contributed by atoms with Crippen molar-refractivity contribution in [2.45, 2.75) is 13.0 Å². The van der Waals surface area contributed by atoms with Gasteiger partial charge in [-0.2, -0.15) is 11.8 Å². The van der Waals surface area contributed by atoms with Crippen molar-refractivity contribution >= 4 is 17.7 Å². The number of carbonyl (C=O) groups is 1. The van der Waals surface area contributed by atoms with E-state index in [9.17, 15) is 4.79 Å². The fraction of sp³-hybridized carbons (Fsp3) is 0.900. The van der Waals surface area contributed by atoms with E-state index in [1.807, 2.05) is 16.7 Å². The van der Waals surface area contributed by atoms with Gasteiger partial charge < -0.3 is 15.0 Å². The Morgan fingerprint density at radius 3 is 3.13 bits per heavy atom. The first-order chi connectivity index (χ1) is 7.25. The Morgan fingerprint density at radius 2 is 2.47 bits per heavy atom. The van der Waals surface area contributed by atoms with E-state index >= 15 is 0 Å². The third-order valence-corrected chi connectivity index (χ3v) is 3.64. The summed E-state index contributed by atoms with van der Waals surface area (Å²) in [5.41, 5.74) is 0. The van der Waals surface area contributed by atoms with Crippen molar-refractivity contribution in [1.29, 1.82) is 0 Å². The molecule has 0 radical (unpaired) electrons. The lowest BCUT2D eigenvalue weighted by molar-refractivity contribution is -0.131. The first-order valence-electron chi connectivity index (χ1n) is 5.32. The van der Waals surface area contributed by atoms with Crippen LogP contribution in [0.4, 0.5) is 0 Å². The van der Waals surface area contributed by atoms with Crippen LogP contribution in [0.3, 0.4) is 0 Å². The van der Waals surface area contributed by atoms with Crippen molar-refractivity contribution in [3.8, 4) is 0 Å². The van der Waals surface area contributed by atoms with Crippen LogP contribution in [-0.2, 0) is 9.53 Å². The number of hydrogen-bond acceptors (Lipinski definition) is 4. The lowest BCUT2D eigenvalue weighted by Crippen LogP contribution is -2.48. The SMILES string of the molecule is COCCNCC(=O)N1CCSCC1C. The first-order valence-corrected chi connectivity index (χ1v) is 6.48. The predicted octanol–water partition coefficient (Wildman–Crippen LogP) is 0.186. The Kier molecular flexibility index (Phi) is 6.05. The number of amides is 1. The van der Waals surface area contributed by atoms with Crippen LogP contribution in [0.1, 0.15) is 6.92 Å². The van der Waals surface area contributed by atoms with E-state index in [1.165, 1.54) is 0 Å². The molecule has 0 aromatic heterocycles. The molecule has 1 saturated heterocycles. The molecule has 1 atom stereocenters. The van der Waals surface area contributed by atoms with Gasteiger partial charge in [-0.3, -0.25) is 4.79 Å². The highest BCUT2D eigenvalue weighted by Crippen LogP contribution is 2.15. The van der Waals surface area contributed by atoms with E-state index in [4.69, 9.17) is 4.74 Å². The lowest BCUT2D eigenvalue weighted by atomic mass is 10.3. The number of nitrogens with zero attached hydrogens (tertiary/aromatic N) is 1. The van der Waals surface area contributed by atoms with Crippen molar-refractivity contribution < 1.29 is 9.53 Å². The van der Waals surface area contributed by atoms with Crippen molar-refractivity contribution in [1.82, 2.24) is 10.2 Å². The molecule has 1 rings (SSSR count). The van der Waals surface area contributed by atoms with Crippen LogP contribution in [-0.4, -0.2) is 61.7 Å². The Hall–Kier alpha value is -0.260. The highest BCUT2D eigenvalue weighted by molar-refractivity contribution is 7.99. The number of hydrogen-bond donors (Lipinski definition) is 1. The third-order valence-electron chi connectivity index (χ3n) is 2.45. The minimum Gasteiger partial charge on any atom is -0.383 e. The van der Waals surface area contributed by atoms with Crippen molar-refractivity contribution in [2.24, 2.45) is 0 Å². The fourth-order valence-electron chi connectivity index (χ4n) is 1.57. The molecule has 4 nitrogen and oxygen atoms in total. The zero-order valence-corrected chi connectivity index (χ0v) is 10.3. The lowest BCUT2D eigenvalue weighted by Gasteiger charge is -2.33. The molecule has 1 amide bonds. The predicted molar refractivity (Wildman–Crippen MR) is 63.2 cm³/mol. The highest BCUT2D eigenvalue weighted by Gasteiger charge is 2.22. The van der Waals surface area contributed by atoms with Gasteiger partial charge in [0.05, 0.1) is 13.2 Å². The molecule has 0 spiro atoms. The van der Waals surface area contributed by atoms with Crippen LogP contribution in [0.2, 0.25) is 0 Å². The Morgan fingerprint density at radius 1 is 1.67 bits per heavy atom. The summed E-state index contributed by atoms with van der Waals surface area (Å²) in [5, 5.41) is 3.08. The number of carbonyl (C=O) groups excluding carboxylic acids is 1. The fourth-order valence-corrected chi connectivity index (χ4v) is 2.58. The maximum atomic E-state index is 11.8. The quantitative estimate of drug-likeness (QED) is 0.687. The maximum Gasteiger partial charge on any atom is 0.236 e. The highest BCUT2D eigenvalue weighted by atomic mass is 32.2.